The molecule has 112 valence electrons. The molecule has 9 heteroatoms. The van der Waals surface area contributed by atoms with Crippen molar-refractivity contribution >= 4 is 21.9 Å². The van der Waals surface area contributed by atoms with Crippen LogP contribution in [0.5, 0.6) is 0 Å². The van der Waals surface area contributed by atoms with Crippen LogP contribution in [0, 0.1) is 0 Å². The van der Waals surface area contributed by atoms with Crippen LogP contribution >= 0.6 is 15.9 Å². The number of hydrogen-bond donors (Lipinski definition) is 0. The van der Waals surface area contributed by atoms with Crippen LogP contribution in [0.2, 0.25) is 0 Å². The van der Waals surface area contributed by atoms with Crippen molar-refractivity contribution in [1.82, 2.24) is 10.1 Å². The lowest BCUT2D eigenvalue weighted by molar-refractivity contribution is -0.140. The molecule has 0 aliphatic carbocycles. The van der Waals surface area contributed by atoms with Crippen molar-refractivity contribution in [2.24, 2.45) is 0 Å². The van der Waals surface area contributed by atoms with Gasteiger partial charge in [0.05, 0.1) is 12.7 Å². The molecule has 0 unspecified atom stereocenters. The molecular weight excluding hydrogens is 357 g/mol. The Kier molecular flexibility index (Phi) is 4.31. The Balaban J connectivity index is 2.41. The topological polar surface area (TPSA) is 65.2 Å². The standard InChI is InChI=1S/C12H8BrF3N2O3/c1-20-10(19)5-9-17-11(18-21-9)7-3-2-6(13)4-8(7)12(14,15)16/h2-4H,5H2,1H3. The zero-order valence-electron chi connectivity index (χ0n) is 10.6. The van der Waals surface area contributed by atoms with Gasteiger partial charge in [-0.15, -0.1) is 0 Å². The quantitative estimate of drug-likeness (QED) is 0.782. The van der Waals surface area contributed by atoms with Crippen molar-refractivity contribution in [3.05, 3.63) is 34.1 Å². The van der Waals surface area contributed by atoms with Crippen LogP contribution in [-0.2, 0) is 22.1 Å². The first-order valence-electron chi connectivity index (χ1n) is 5.58. The van der Waals surface area contributed by atoms with Crippen LogP contribution < -0.4 is 0 Å². The fraction of sp³-hybridized carbons (Fsp3) is 0.250. The monoisotopic (exact) mass is 364 g/mol. The molecule has 0 saturated carbocycles. The van der Waals surface area contributed by atoms with Gasteiger partial charge in [0.2, 0.25) is 11.7 Å². The number of carbonyl (C=O) groups excluding carboxylic acids is 1. The minimum absolute atomic E-state index is 0.118. The van der Waals surface area contributed by atoms with Crippen molar-refractivity contribution in [1.29, 1.82) is 0 Å². The molecule has 1 heterocycles. The molecule has 0 aliphatic heterocycles. The molecule has 0 aliphatic rings. The maximum Gasteiger partial charge on any atom is 0.417 e. The highest BCUT2D eigenvalue weighted by molar-refractivity contribution is 9.10. The fourth-order valence-corrected chi connectivity index (χ4v) is 1.94. The third-order valence-corrected chi connectivity index (χ3v) is 3.01. The van der Waals surface area contributed by atoms with Crippen molar-refractivity contribution in [2.45, 2.75) is 12.6 Å². The average Bonchev–Trinajstić information content (AvgIpc) is 2.85. The molecule has 0 atom stereocenters. The molecule has 0 bridgehead atoms. The second-order valence-electron chi connectivity index (χ2n) is 3.95. The number of aromatic nitrogens is 2. The Hall–Kier alpha value is -1.90. The molecule has 2 aromatic rings. The van der Waals surface area contributed by atoms with Gasteiger partial charge in [0.25, 0.3) is 0 Å². The summed E-state index contributed by atoms with van der Waals surface area (Å²) in [6.45, 7) is 0. The molecule has 2 rings (SSSR count). The summed E-state index contributed by atoms with van der Waals surface area (Å²) in [4.78, 5) is 14.8. The number of ether oxygens (including phenoxy) is 1. The molecule has 0 fully saturated rings. The first-order valence-corrected chi connectivity index (χ1v) is 6.37. The van der Waals surface area contributed by atoms with Crippen LogP contribution in [0.1, 0.15) is 11.5 Å². The number of carbonyl (C=O) groups is 1. The van der Waals surface area contributed by atoms with E-state index in [0.717, 1.165) is 6.07 Å². The van der Waals surface area contributed by atoms with Gasteiger partial charge in [-0.25, -0.2) is 0 Å². The number of esters is 1. The Labute approximate surface area is 125 Å². The van der Waals surface area contributed by atoms with E-state index in [4.69, 9.17) is 4.52 Å². The van der Waals surface area contributed by atoms with Crippen LogP contribution in [0.25, 0.3) is 11.4 Å². The van der Waals surface area contributed by atoms with Gasteiger partial charge < -0.3 is 9.26 Å². The number of nitrogens with zero attached hydrogens (tertiary/aromatic N) is 2. The molecular formula is C12H8BrF3N2O3. The first-order chi connectivity index (χ1) is 9.81. The van der Waals surface area contributed by atoms with Crippen molar-refractivity contribution in [3.63, 3.8) is 0 Å². The van der Waals surface area contributed by atoms with Crippen molar-refractivity contribution < 1.29 is 27.2 Å². The number of alkyl halides is 3. The molecule has 1 aromatic carbocycles. The Morgan fingerprint density at radius 2 is 2.14 bits per heavy atom. The second kappa shape index (κ2) is 5.84. The Morgan fingerprint density at radius 3 is 2.76 bits per heavy atom. The van der Waals surface area contributed by atoms with Gasteiger partial charge in [-0.3, -0.25) is 4.79 Å². The van der Waals surface area contributed by atoms with Gasteiger partial charge in [-0.05, 0) is 18.2 Å². The van der Waals surface area contributed by atoms with E-state index < -0.39 is 17.7 Å². The predicted octanol–water partition coefficient (Wildman–Crippen LogP) is 3.23. The van der Waals surface area contributed by atoms with Gasteiger partial charge in [0, 0.05) is 10.0 Å². The third kappa shape index (κ3) is 3.60. The van der Waals surface area contributed by atoms with Crippen LogP contribution in [0.3, 0.4) is 0 Å². The minimum atomic E-state index is -4.57. The van der Waals surface area contributed by atoms with Crippen molar-refractivity contribution in [3.8, 4) is 11.4 Å². The highest BCUT2D eigenvalue weighted by atomic mass is 79.9. The smallest absolute Gasteiger partial charge is 0.417 e. The lowest BCUT2D eigenvalue weighted by Gasteiger charge is -2.10. The van der Waals surface area contributed by atoms with Crippen LogP contribution in [0.15, 0.2) is 27.2 Å². The molecule has 0 radical (unpaired) electrons. The highest BCUT2D eigenvalue weighted by Gasteiger charge is 2.35. The summed E-state index contributed by atoms with van der Waals surface area (Å²) in [5, 5.41) is 3.47. The summed E-state index contributed by atoms with van der Waals surface area (Å²) in [6.07, 6.45) is -4.87. The minimum Gasteiger partial charge on any atom is -0.469 e. The van der Waals surface area contributed by atoms with Crippen molar-refractivity contribution in [2.75, 3.05) is 7.11 Å². The summed E-state index contributed by atoms with van der Waals surface area (Å²) in [7, 11) is 1.18. The third-order valence-electron chi connectivity index (χ3n) is 2.52. The Bertz CT molecular complexity index is 670. The molecule has 1 aromatic heterocycles. The average molecular weight is 365 g/mol. The van der Waals surface area contributed by atoms with E-state index >= 15 is 0 Å². The fourth-order valence-electron chi connectivity index (χ4n) is 1.58. The zero-order valence-corrected chi connectivity index (χ0v) is 12.2. The number of hydrogen-bond acceptors (Lipinski definition) is 5. The van der Waals surface area contributed by atoms with E-state index in [0.29, 0.717) is 0 Å². The molecule has 0 spiro atoms. The number of benzene rings is 1. The van der Waals surface area contributed by atoms with Gasteiger partial charge in [-0.1, -0.05) is 21.1 Å². The normalized spacial score (nSPS) is 11.5. The van der Waals surface area contributed by atoms with E-state index in [-0.39, 0.29) is 28.2 Å². The zero-order chi connectivity index (χ0) is 15.6. The van der Waals surface area contributed by atoms with E-state index in [9.17, 15) is 18.0 Å². The summed E-state index contributed by atoms with van der Waals surface area (Å²) in [6, 6.07) is 3.58. The summed E-state index contributed by atoms with van der Waals surface area (Å²) >= 11 is 2.98. The van der Waals surface area contributed by atoms with Gasteiger partial charge >= 0.3 is 12.1 Å². The largest absolute Gasteiger partial charge is 0.469 e. The van der Waals surface area contributed by atoms with E-state index in [2.05, 4.69) is 30.8 Å². The second-order valence-corrected chi connectivity index (χ2v) is 4.87. The summed E-state index contributed by atoms with van der Waals surface area (Å²) in [5.41, 5.74) is -1.13. The van der Waals surface area contributed by atoms with E-state index in [1.165, 1.54) is 19.2 Å². The summed E-state index contributed by atoms with van der Waals surface area (Å²) in [5.74, 6) is -0.987. The number of rotatable bonds is 3. The molecule has 21 heavy (non-hydrogen) atoms. The lowest BCUT2D eigenvalue weighted by Crippen LogP contribution is -2.08. The first kappa shape index (κ1) is 15.5. The highest BCUT2D eigenvalue weighted by Crippen LogP contribution is 2.37. The van der Waals surface area contributed by atoms with E-state index in [1.54, 1.807) is 0 Å². The van der Waals surface area contributed by atoms with Gasteiger partial charge in [0.15, 0.2) is 0 Å². The molecule has 5 nitrogen and oxygen atoms in total. The van der Waals surface area contributed by atoms with Gasteiger partial charge in [0.1, 0.15) is 6.42 Å². The molecule has 0 amide bonds. The van der Waals surface area contributed by atoms with Crippen LogP contribution in [-0.4, -0.2) is 23.2 Å². The number of halogens is 4. The summed E-state index contributed by atoms with van der Waals surface area (Å²) < 4.78 is 48.4. The lowest BCUT2D eigenvalue weighted by atomic mass is 10.1. The molecule has 0 saturated heterocycles. The maximum atomic E-state index is 13.0. The predicted molar refractivity (Wildman–Crippen MR) is 68.2 cm³/mol. The van der Waals surface area contributed by atoms with Crippen LogP contribution in [0.4, 0.5) is 13.2 Å². The maximum absolute atomic E-state index is 13.0. The number of methoxy groups -OCH3 is 1. The van der Waals surface area contributed by atoms with E-state index in [1.807, 2.05) is 0 Å². The molecule has 0 N–H and O–H groups in total. The van der Waals surface area contributed by atoms with Gasteiger partial charge in [-0.2, -0.15) is 18.2 Å². The SMILES string of the molecule is COC(=O)Cc1nc(-c2ccc(Br)cc2C(F)(F)F)no1. The Morgan fingerprint density at radius 1 is 1.43 bits per heavy atom.